The number of benzene rings is 1. The van der Waals surface area contributed by atoms with Gasteiger partial charge >= 0.3 is 0 Å². The summed E-state index contributed by atoms with van der Waals surface area (Å²) in [5.41, 5.74) is 2.49. The highest BCUT2D eigenvalue weighted by Crippen LogP contribution is 2.25. The minimum Gasteiger partial charge on any atom is -0.328 e. The Kier molecular flexibility index (Phi) is 2.89. The largest absolute Gasteiger partial charge is 0.328 e. The van der Waals surface area contributed by atoms with Crippen LogP contribution >= 0.6 is 0 Å². The SMILES string of the molecule is Cn1c(-c2ccc(F)cc2)cc2c(=O)n3c(nc21)CCCC3. The Labute approximate surface area is 126 Å². The minimum absolute atomic E-state index is 0.0312. The highest BCUT2D eigenvalue weighted by molar-refractivity contribution is 5.83. The van der Waals surface area contributed by atoms with Gasteiger partial charge in [-0.15, -0.1) is 0 Å². The molecule has 0 radical (unpaired) electrons. The molecule has 1 aromatic carbocycles. The molecule has 0 amide bonds. The molecule has 0 bridgehead atoms. The van der Waals surface area contributed by atoms with E-state index in [1.807, 2.05) is 17.7 Å². The van der Waals surface area contributed by atoms with E-state index in [0.717, 1.165) is 42.9 Å². The average molecular weight is 297 g/mol. The van der Waals surface area contributed by atoms with Crippen LogP contribution < -0.4 is 5.56 Å². The van der Waals surface area contributed by atoms with Crippen molar-refractivity contribution in [2.24, 2.45) is 7.05 Å². The molecular weight excluding hydrogens is 281 g/mol. The molecule has 0 saturated heterocycles. The molecule has 4 rings (SSSR count). The normalized spacial score (nSPS) is 14.3. The van der Waals surface area contributed by atoms with Crippen LogP contribution in [-0.4, -0.2) is 14.1 Å². The van der Waals surface area contributed by atoms with Gasteiger partial charge in [-0.25, -0.2) is 9.37 Å². The van der Waals surface area contributed by atoms with Crippen LogP contribution in [0, 0.1) is 5.82 Å². The van der Waals surface area contributed by atoms with Crippen molar-refractivity contribution in [1.82, 2.24) is 14.1 Å². The Morgan fingerprint density at radius 3 is 2.73 bits per heavy atom. The van der Waals surface area contributed by atoms with E-state index in [-0.39, 0.29) is 11.4 Å². The van der Waals surface area contributed by atoms with Crippen molar-refractivity contribution in [2.45, 2.75) is 25.8 Å². The average Bonchev–Trinajstić information content (AvgIpc) is 2.86. The summed E-state index contributed by atoms with van der Waals surface area (Å²) >= 11 is 0. The molecular formula is C17H16FN3O. The second kappa shape index (κ2) is 4.80. The first-order valence-corrected chi connectivity index (χ1v) is 7.50. The van der Waals surface area contributed by atoms with Gasteiger partial charge in [0.15, 0.2) is 0 Å². The fraction of sp³-hybridized carbons (Fsp3) is 0.294. The molecule has 0 atom stereocenters. The minimum atomic E-state index is -0.267. The van der Waals surface area contributed by atoms with E-state index < -0.39 is 0 Å². The van der Waals surface area contributed by atoms with Crippen molar-refractivity contribution < 1.29 is 4.39 Å². The number of fused-ring (bicyclic) bond motifs is 2. The van der Waals surface area contributed by atoms with E-state index in [2.05, 4.69) is 0 Å². The quantitative estimate of drug-likeness (QED) is 0.693. The molecule has 4 nitrogen and oxygen atoms in total. The number of hydrogen-bond donors (Lipinski definition) is 0. The zero-order valence-electron chi connectivity index (χ0n) is 12.3. The van der Waals surface area contributed by atoms with Crippen molar-refractivity contribution in [3.05, 3.63) is 52.3 Å². The second-order valence-corrected chi connectivity index (χ2v) is 5.77. The summed E-state index contributed by atoms with van der Waals surface area (Å²) in [6, 6.07) is 8.17. The lowest BCUT2D eigenvalue weighted by atomic mass is 10.1. The fourth-order valence-electron chi connectivity index (χ4n) is 3.20. The Bertz CT molecular complexity index is 922. The third kappa shape index (κ3) is 1.89. The summed E-state index contributed by atoms with van der Waals surface area (Å²) in [4.78, 5) is 17.4. The molecule has 3 heterocycles. The van der Waals surface area contributed by atoms with Crippen LogP contribution in [0.15, 0.2) is 35.1 Å². The van der Waals surface area contributed by atoms with Crippen molar-refractivity contribution >= 4 is 11.0 Å². The fourth-order valence-corrected chi connectivity index (χ4v) is 3.20. The van der Waals surface area contributed by atoms with Crippen LogP contribution in [0.5, 0.6) is 0 Å². The summed E-state index contributed by atoms with van der Waals surface area (Å²) in [7, 11) is 1.90. The first kappa shape index (κ1) is 13.2. The summed E-state index contributed by atoms with van der Waals surface area (Å²) in [5, 5.41) is 0.632. The van der Waals surface area contributed by atoms with E-state index in [1.165, 1.54) is 12.1 Å². The molecule has 2 aromatic heterocycles. The molecule has 1 aliphatic rings. The molecule has 1 aliphatic heterocycles. The van der Waals surface area contributed by atoms with Gasteiger partial charge in [0.2, 0.25) is 0 Å². The van der Waals surface area contributed by atoms with E-state index in [0.29, 0.717) is 11.0 Å². The van der Waals surface area contributed by atoms with E-state index >= 15 is 0 Å². The number of nitrogens with zero attached hydrogens (tertiary/aromatic N) is 3. The molecule has 3 aromatic rings. The van der Waals surface area contributed by atoms with E-state index in [1.54, 1.807) is 16.7 Å². The Hall–Kier alpha value is -2.43. The topological polar surface area (TPSA) is 39.8 Å². The van der Waals surface area contributed by atoms with Gasteiger partial charge in [-0.05, 0) is 48.7 Å². The lowest BCUT2D eigenvalue weighted by Crippen LogP contribution is -2.28. The number of halogens is 1. The standard InChI is InChI=1S/C17H16FN3O/c1-20-14(11-5-7-12(18)8-6-11)10-13-16(20)19-15-4-2-3-9-21(15)17(13)22/h5-8,10H,2-4,9H2,1H3. The maximum Gasteiger partial charge on any atom is 0.263 e. The summed E-state index contributed by atoms with van der Waals surface area (Å²) < 4.78 is 16.8. The first-order chi connectivity index (χ1) is 10.6. The van der Waals surface area contributed by atoms with E-state index in [9.17, 15) is 9.18 Å². The first-order valence-electron chi connectivity index (χ1n) is 7.50. The van der Waals surface area contributed by atoms with Crippen LogP contribution in [-0.2, 0) is 20.0 Å². The van der Waals surface area contributed by atoms with Gasteiger partial charge < -0.3 is 4.57 Å². The second-order valence-electron chi connectivity index (χ2n) is 5.77. The van der Waals surface area contributed by atoms with Crippen molar-refractivity contribution in [2.75, 3.05) is 0 Å². The van der Waals surface area contributed by atoms with Gasteiger partial charge in [-0.1, -0.05) is 0 Å². The number of aryl methyl sites for hydroxylation is 2. The van der Waals surface area contributed by atoms with Gasteiger partial charge in [-0.2, -0.15) is 0 Å². The molecule has 0 N–H and O–H groups in total. The Morgan fingerprint density at radius 1 is 1.18 bits per heavy atom. The molecule has 22 heavy (non-hydrogen) atoms. The summed E-state index contributed by atoms with van der Waals surface area (Å²) in [6.07, 6.45) is 2.95. The molecule has 5 heteroatoms. The zero-order valence-corrected chi connectivity index (χ0v) is 12.3. The monoisotopic (exact) mass is 297 g/mol. The van der Waals surface area contributed by atoms with Gasteiger partial charge in [0, 0.05) is 20.0 Å². The summed E-state index contributed by atoms with van der Waals surface area (Å²) in [5.74, 6) is 0.603. The van der Waals surface area contributed by atoms with Gasteiger partial charge in [0.25, 0.3) is 5.56 Å². The van der Waals surface area contributed by atoms with Gasteiger partial charge in [0.05, 0.1) is 11.1 Å². The molecule has 112 valence electrons. The number of aromatic nitrogens is 3. The van der Waals surface area contributed by atoms with Crippen LogP contribution in [0.1, 0.15) is 18.7 Å². The van der Waals surface area contributed by atoms with Crippen molar-refractivity contribution in [1.29, 1.82) is 0 Å². The van der Waals surface area contributed by atoms with Gasteiger partial charge in [0.1, 0.15) is 17.3 Å². The smallest absolute Gasteiger partial charge is 0.263 e. The van der Waals surface area contributed by atoms with Crippen molar-refractivity contribution in [3.63, 3.8) is 0 Å². The molecule has 0 spiro atoms. The number of rotatable bonds is 1. The van der Waals surface area contributed by atoms with Crippen molar-refractivity contribution in [3.8, 4) is 11.3 Å². The van der Waals surface area contributed by atoms with Crippen LogP contribution in [0.2, 0.25) is 0 Å². The highest BCUT2D eigenvalue weighted by Gasteiger charge is 2.18. The van der Waals surface area contributed by atoms with Crippen LogP contribution in [0.25, 0.3) is 22.3 Å². The Balaban J connectivity index is 1.99. The predicted molar refractivity (Wildman–Crippen MR) is 83.3 cm³/mol. The molecule has 0 saturated carbocycles. The van der Waals surface area contributed by atoms with Crippen LogP contribution in [0.3, 0.4) is 0 Å². The molecule has 0 unspecified atom stereocenters. The van der Waals surface area contributed by atoms with E-state index in [4.69, 9.17) is 4.98 Å². The lowest BCUT2D eigenvalue weighted by Gasteiger charge is -2.17. The third-order valence-electron chi connectivity index (χ3n) is 4.40. The van der Waals surface area contributed by atoms with Gasteiger partial charge in [-0.3, -0.25) is 9.36 Å². The maximum atomic E-state index is 13.1. The third-order valence-corrected chi connectivity index (χ3v) is 4.40. The lowest BCUT2D eigenvalue weighted by molar-refractivity contribution is 0.500. The zero-order chi connectivity index (χ0) is 15.3. The Morgan fingerprint density at radius 2 is 1.95 bits per heavy atom. The van der Waals surface area contributed by atoms with Crippen LogP contribution in [0.4, 0.5) is 4.39 Å². The molecule has 0 fully saturated rings. The highest BCUT2D eigenvalue weighted by atomic mass is 19.1. The molecule has 0 aliphatic carbocycles. The predicted octanol–water partition coefficient (Wildman–Crippen LogP) is 2.88. The maximum absolute atomic E-state index is 13.1. The summed E-state index contributed by atoms with van der Waals surface area (Å²) in [6.45, 7) is 0.748. The number of hydrogen-bond acceptors (Lipinski definition) is 2.